The second kappa shape index (κ2) is 8.49. The van der Waals surface area contributed by atoms with Crippen LogP contribution in [-0.4, -0.2) is 58.1 Å². The van der Waals surface area contributed by atoms with Crippen LogP contribution in [0.15, 0.2) is 23.0 Å². The molecule has 2 aliphatic rings. The van der Waals surface area contributed by atoms with Crippen LogP contribution < -0.4 is 15.8 Å². The maximum Gasteiger partial charge on any atom is 0.297 e. The highest BCUT2D eigenvalue weighted by atomic mass is 19.1. The van der Waals surface area contributed by atoms with Gasteiger partial charge in [0.25, 0.3) is 11.5 Å². The third-order valence-corrected chi connectivity index (χ3v) is 6.86. The minimum Gasteiger partial charge on any atom is -0.501 e. The Kier molecular flexibility index (Phi) is 5.85. The van der Waals surface area contributed by atoms with Crippen molar-refractivity contribution >= 4 is 17.8 Å². The van der Waals surface area contributed by atoms with Crippen LogP contribution in [0.5, 0.6) is 5.75 Å². The molecule has 0 aliphatic carbocycles. The van der Waals surface area contributed by atoms with Crippen LogP contribution in [0.3, 0.4) is 0 Å². The number of carbonyl (C=O) groups is 2. The summed E-state index contributed by atoms with van der Waals surface area (Å²) < 4.78 is 14.7. The zero-order valence-corrected chi connectivity index (χ0v) is 19.0. The van der Waals surface area contributed by atoms with Crippen LogP contribution in [0.2, 0.25) is 0 Å². The number of amides is 2. The summed E-state index contributed by atoms with van der Waals surface area (Å²) in [5.74, 6) is -1.33. The van der Waals surface area contributed by atoms with E-state index >= 15 is 0 Å². The van der Waals surface area contributed by atoms with Crippen molar-refractivity contribution in [3.63, 3.8) is 0 Å². The van der Waals surface area contributed by atoms with Crippen molar-refractivity contribution in [2.75, 3.05) is 31.6 Å². The number of anilines is 1. The number of aromatic hydroxyl groups is 1. The van der Waals surface area contributed by atoms with Gasteiger partial charge in [0.15, 0.2) is 5.69 Å². The van der Waals surface area contributed by atoms with Gasteiger partial charge in [0, 0.05) is 40.3 Å². The molecular formula is C23H28FN5O4. The summed E-state index contributed by atoms with van der Waals surface area (Å²) in [6, 6.07) is 4.49. The van der Waals surface area contributed by atoms with E-state index in [1.807, 2.05) is 11.9 Å². The van der Waals surface area contributed by atoms with Gasteiger partial charge < -0.3 is 20.2 Å². The second-order valence-corrected chi connectivity index (χ2v) is 8.98. The van der Waals surface area contributed by atoms with Crippen molar-refractivity contribution in [2.45, 2.75) is 32.7 Å². The molecule has 3 heterocycles. The van der Waals surface area contributed by atoms with Crippen molar-refractivity contribution < 1.29 is 19.1 Å². The van der Waals surface area contributed by atoms with Crippen LogP contribution in [0, 0.1) is 18.2 Å². The Morgan fingerprint density at radius 1 is 1.18 bits per heavy atom. The third-order valence-electron chi connectivity index (χ3n) is 6.86. The molecule has 4 rings (SSSR count). The Morgan fingerprint density at radius 3 is 2.45 bits per heavy atom. The van der Waals surface area contributed by atoms with E-state index in [1.54, 1.807) is 24.0 Å². The smallest absolute Gasteiger partial charge is 0.297 e. The number of nitrogens with zero attached hydrogens (tertiary/aromatic N) is 4. The molecule has 0 radical (unpaired) electrons. The summed E-state index contributed by atoms with van der Waals surface area (Å²) in [5, 5.41) is 12.9. The van der Waals surface area contributed by atoms with Gasteiger partial charge in [0.2, 0.25) is 17.6 Å². The molecule has 0 unspecified atom stereocenters. The fourth-order valence-corrected chi connectivity index (χ4v) is 4.70. The van der Waals surface area contributed by atoms with Gasteiger partial charge in [-0.2, -0.15) is 0 Å². The Labute approximate surface area is 190 Å². The minimum atomic E-state index is -0.727. The number of aryl methyl sites for hydroxylation is 1. The first-order chi connectivity index (χ1) is 15.6. The summed E-state index contributed by atoms with van der Waals surface area (Å²) >= 11 is 0. The van der Waals surface area contributed by atoms with E-state index in [0.29, 0.717) is 37.1 Å². The van der Waals surface area contributed by atoms with E-state index in [9.17, 15) is 23.9 Å². The average molecular weight is 458 g/mol. The monoisotopic (exact) mass is 457 g/mol. The normalized spacial score (nSPS) is 17.6. The van der Waals surface area contributed by atoms with Crippen molar-refractivity contribution in [2.24, 2.45) is 12.5 Å². The highest BCUT2D eigenvalue weighted by Gasteiger charge is 2.47. The Morgan fingerprint density at radius 2 is 1.85 bits per heavy atom. The molecule has 2 aliphatic heterocycles. The van der Waals surface area contributed by atoms with Gasteiger partial charge in [0.1, 0.15) is 5.82 Å². The molecule has 1 aromatic heterocycles. The predicted octanol–water partition coefficient (Wildman–Crippen LogP) is 1.31. The van der Waals surface area contributed by atoms with Crippen molar-refractivity contribution in [1.82, 2.24) is 19.8 Å². The molecule has 1 aromatic carbocycles. The number of carbonyl (C=O) groups excluding carboxylic acids is 2. The molecule has 0 atom stereocenters. The van der Waals surface area contributed by atoms with Gasteiger partial charge in [-0.05, 0) is 43.4 Å². The van der Waals surface area contributed by atoms with Gasteiger partial charge in [-0.1, -0.05) is 12.1 Å². The maximum absolute atomic E-state index is 13.5. The molecule has 33 heavy (non-hydrogen) atoms. The number of rotatable bonds is 4. The van der Waals surface area contributed by atoms with Gasteiger partial charge in [-0.15, -0.1) is 0 Å². The van der Waals surface area contributed by atoms with Crippen molar-refractivity contribution in [3.05, 3.63) is 51.2 Å². The van der Waals surface area contributed by atoms with E-state index in [2.05, 4.69) is 10.3 Å². The SMILES string of the molecule is Cc1cc(CNC(=O)c2nc(N3CCC4(CCN(C)C4=O)CC3)n(C)c(=O)c2O)ccc1F. The molecule has 2 saturated heterocycles. The number of hydrogen-bond acceptors (Lipinski definition) is 6. The number of hydrogen-bond donors (Lipinski definition) is 2. The highest BCUT2D eigenvalue weighted by molar-refractivity contribution is 5.95. The molecule has 0 saturated carbocycles. The first-order valence-corrected chi connectivity index (χ1v) is 11.0. The van der Waals surface area contributed by atoms with Crippen LogP contribution in [0.25, 0.3) is 0 Å². The summed E-state index contributed by atoms with van der Waals surface area (Å²) in [6.45, 7) is 3.49. The van der Waals surface area contributed by atoms with E-state index < -0.39 is 17.2 Å². The average Bonchev–Trinajstić information content (AvgIpc) is 3.07. The quantitative estimate of drug-likeness (QED) is 0.717. The molecule has 2 aromatic rings. The lowest BCUT2D eigenvalue weighted by atomic mass is 9.77. The Balaban J connectivity index is 1.53. The van der Waals surface area contributed by atoms with Crippen LogP contribution in [0.4, 0.5) is 10.3 Å². The summed E-state index contributed by atoms with van der Waals surface area (Å²) in [6.07, 6.45) is 2.09. The standard InChI is InChI=1S/C23H28FN5O4/c1-14-12-15(4-5-16(14)24)13-25-19(31)17-18(30)20(32)28(3)22(26-17)29-10-7-23(8-11-29)6-9-27(2)21(23)33/h4-5,12,30H,6-11,13H2,1-3H3,(H,25,31). The van der Waals surface area contributed by atoms with Gasteiger partial charge in [-0.3, -0.25) is 19.0 Å². The summed E-state index contributed by atoms with van der Waals surface area (Å²) in [7, 11) is 3.30. The van der Waals surface area contributed by atoms with Crippen LogP contribution in [-0.2, 0) is 18.4 Å². The largest absolute Gasteiger partial charge is 0.501 e. The number of piperidine rings is 1. The fourth-order valence-electron chi connectivity index (χ4n) is 4.70. The molecule has 10 heteroatoms. The predicted molar refractivity (Wildman–Crippen MR) is 120 cm³/mol. The Bertz CT molecular complexity index is 1170. The molecule has 9 nitrogen and oxygen atoms in total. The van der Waals surface area contributed by atoms with Gasteiger partial charge in [-0.25, -0.2) is 9.37 Å². The van der Waals surface area contributed by atoms with Crippen LogP contribution in [0.1, 0.15) is 40.9 Å². The third kappa shape index (κ3) is 4.05. The van der Waals surface area contributed by atoms with E-state index in [-0.39, 0.29) is 35.3 Å². The molecule has 0 bridgehead atoms. The molecule has 2 fully saturated rings. The second-order valence-electron chi connectivity index (χ2n) is 8.98. The number of benzene rings is 1. The number of nitrogens with one attached hydrogen (secondary N) is 1. The topological polar surface area (TPSA) is 108 Å². The summed E-state index contributed by atoms with van der Waals surface area (Å²) in [5.41, 5.74) is -0.315. The lowest BCUT2D eigenvalue weighted by Gasteiger charge is -2.38. The molecular weight excluding hydrogens is 429 g/mol. The summed E-state index contributed by atoms with van der Waals surface area (Å²) in [4.78, 5) is 45.9. The molecule has 1 spiro atoms. The number of likely N-dealkylation sites (tertiary alicyclic amines) is 1. The maximum atomic E-state index is 13.5. The molecule has 176 valence electrons. The molecule has 2 N–H and O–H groups in total. The van der Waals surface area contributed by atoms with Gasteiger partial charge >= 0.3 is 0 Å². The van der Waals surface area contributed by atoms with Crippen molar-refractivity contribution in [1.29, 1.82) is 0 Å². The van der Waals surface area contributed by atoms with E-state index in [0.717, 1.165) is 13.0 Å². The van der Waals surface area contributed by atoms with Gasteiger partial charge in [0.05, 0.1) is 5.41 Å². The first kappa shape index (κ1) is 22.8. The lowest BCUT2D eigenvalue weighted by Crippen LogP contribution is -2.46. The lowest BCUT2D eigenvalue weighted by molar-refractivity contribution is -0.135. The number of aromatic nitrogens is 2. The molecule has 2 amide bonds. The highest BCUT2D eigenvalue weighted by Crippen LogP contribution is 2.41. The van der Waals surface area contributed by atoms with Crippen molar-refractivity contribution in [3.8, 4) is 5.75 Å². The number of halogens is 1. The zero-order chi connectivity index (χ0) is 23.9. The van der Waals surface area contributed by atoms with E-state index in [1.165, 1.54) is 17.7 Å². The first-order valence-electron chi connectivity index (χ1n) is 11.0. The minimum absolute atomic E-state index is 0.0908. The fraction of sp³-hybridized carbons (Fsp3) is 0.478. The zero-order valence-electron chi connectivity index (χ0n) is 19.0. The van der Waals surface area contributed by atoms with E-state index in [4.69, 9.17) is 0 Å². The Hall–Kier alpha value is -3.43. The van der Waals surface area contributed by atoms with Crippen LogP contribution >= 0.6 is 0 Å².